The maximum absolute atomic E-state index is 13.1. The van der Waals surface area contributed by atoms with Crippen molar-refractivity contribution in [3.05, 3.63) is 93.8 Å². The quantitative estimate of drug-likeness (QED) is 0.527. The van der Waals surface area contributed by atoms with Crippen LogP contribution in [0.15, 0.2) is 71.7 Å². The third-order valence-corrected chi connectivity index (χ3v) is 5.47. The van der Waals surface area contributed by atoms with Gasteiger partial charge in [-0.25, -0.2) is 0 Å². The number of aryl methyl sites for hydroxylation is 1. The van der Waals surface area contributed by atoms with Gasteiger partial charge in [-0.1, -0.05) is 36.4 Å². The highest BCUT2D eigenvalue weighted by Gasteiger charge is 2.16. The Balaban J connectivity index is 1.43. The van der Waals surface area contributed by atoms with Crippen LogP contribution in [0.4, 0.5) is 0 Å². The predicted octanol–water partition coefficient (Wildman–Crippen LogP) is 4.16. The smallest absolute Gasteiger partial charge is 0.257 e. The molecular weight excluding hydrogens is 392 g/mol. The van der Waals surface area contributed by atoms with E-state index in [4.69, 9.17) is 9.47 Å². The summed E-state index contributed by atoms with van der Waals surface area (Å²) in [5, 5.41) is 3.29. The molecule has 1 amide bonds. The zero-order valence-corrected chi connectivity index (χ0v) is 16.9. The van der Waals surface area contributed by atoms with E-state index in [1.54, 1.807) is 6.07 Å². The van der Waals surface area contributed by atoms with Gasteiger partial charge < -0.3 is 19.8 Å². The molecule has 4 aromatic rings. The molecule has 0 bridgehead atoms. The molecule has 0 spiro atoms. The third kappa shape index (κ3) is 3.53. The number of carbonyl (C=O) groups excluding carboxylic acids is 1. The van der Waals surface area contributed by atoms with E-state index in [2.05, 4.69) is 10.3 Å². The number of rotatable bonds is 4. The SMILES string of the molecule is Cc1ccccc1-c1ccc2[nH]cc(C(=O)NCc3ccc4c(c3)OCO4)c(=O)c2c1. The lowest BCUT2D eigenvalue weighted by Gasteiger charge is -2.09. The summed E-state index contributed by atoms with van der Waals surface area (Å²) in [5.74, 6) is 0.909. The highest BCUT2D eigenvalue weighted by molar-refractivity contribution is 5.97. The molecule has 0 fully saturated rings. The molecular formula is C25H20N2O4. The number of nitrogens with one attached hydrogen (secondary N) is 2. The van der Waals surface area contributed by atoms with Crippen LogP contribution < -0.4 is 20.2 Å². The fourth-order valence-corrected chi connectivity index (χ4v) is 3.78. The van der Waals surface area contributed by atoms with Crippen molar-refractivity contribution >= 4 is 16.8 Å². The number of hydrogen-bond acceptors (Lipinski definition) is 4. The van der Waals surface area contributed by atoms with Gasteiger partial charge in [0, 0.05) is 23.6 Å². The summed E-state index contributed by atoms with van der Waals surface area (Å²) in [5.41, 5.74) is 4.44. The summed E-state index contributed by atoms with van der Waals surface area (Å²) in [6.07, 6.45) is 1.47. The minimum absolute atomic E-state index is 0.0789. The molecule has 1 aromatic heterocycles. The van der Waals surface area contributed by atoms with E-state index < -0.39 is 5.91 Å². The Morgan fingerprint density at radius 1 is 1.03 bits per heavy atom. The summed E-state index contributed by atoms with van der Waals surface area (Å²) in [7, 11) is 0. The molecule has 0 saturated heterocycles. The van der Waals surface area contributed by atoms with Crippen molar-refractivity contribution in [3.63, 3.8) is 0 Å². The second kappa shape index (κ2) is 7.65. The first-order chi connectivity index (χ1) is 15.1. The average molecular weight is 412 g/mol. The van der Waals surface area contributed by atoms with Crippen LogP contribution in [0.3, 0.4) is 0 Å². The van der Waals surface area contributed by atoms with Gasteiger partial charge in [-0.2, -0.15) is 0 Å². The number of ether oxygens (including phenoxy) is 2. The lowest BCUT2D eigenvalue weighted by Crippen LogP contribution is -2.28. The van der Waals surface area contributed by atoms with Crippen LogP contribution in [-0.2, 0) is 6.54 Å². The highest BCUT2D eigenvalue weighted by atomic mass is 16.7. The Kier molecular flexibility index (Phi) is 4.67. The van der Waals surface area contributed by atoms with Gasteiger partial charge in [-0.15, -0.1) is 0 Å². The Labute approximate surface area is 178 Å². The van der Waals surface area contributed by atoms with E-state index in [1.807, 2.05) is 61.5 Å². The fourth-order valence-electron chi connectivity index (χ4n) is 3.78. The topological polar surface area (TPSA) is 80.4 Å². The van der Waals surface area contributed by atoms with Gasteiger partial charge in [-0.05, 0) is 53.4 Å². The number of carbonyl (C=O) groups is 1. The second-order valence-electron chi connectivity index (χ2n) is 7.48. The molecule has 1 aliphatic rings. The lowest BCUT2D eigenvalue weighted by atomic mass is 9.98. The molecule has 2 N–H and O–H groups in total. The Morgan fingerprint density at radius 2 is 1.87 bits per heavy atom. The first-order valence-electron chi connectivity index (χ1n) is 9.98. The molecule has 6 nitrogen and oxygen atoms in total. The van der Waals surface area contributed by atoms with Gasteiger partial charge in [0.15, 0.2) is 11.5 Å². The summed E-state index contributed by atoms with van der Waals surface area (Å²) in [6, 6.07) is 19.2. The van der Waals surface area contributed by atoms with Crippen LogP contribution in [-0.4, -0.2) is 17.7 Å². The van der Waals surface area contributed by atoms with Crippen LogP contribution in [0.5, 0.6) is 11.5 Å². The maximum Gasteiger partial charge on any atom is 0.257 e. The molecule has 0 unspecified atom stereocenters. The standard InChI is InChI=1S/C25H20N2O4/c1-15-4-2-3-5-18(15)17-7-8-21-19(11-17)24(28)20(13-26-21)25(29)27-12-16-6-9-22-23(10-16)31-14-30-22/h2-11,13H,12,14H2,1H3,(H,26,28)(H,27,29). The van der Waals surface area contributed by atoms with E-state index in [1.165, 1.54) is 6.20 Å². The Bertz CT molecular complexity index is 1370. The molecule has 1 aliphatic heterocycles. The Hall–Kier alpha value is -4.06. The molecule has 154 valence electrons. The number of fused-ring (bicyclic) bond motifs is 2. The molecule has 0 atom stereocenters. The first kappa shape index (κ1) is 18.9. The molecule has 2 heterocycles. The molecule has 5 rings (SSSR count). The zero-order chi connectivity index (χ0) is 21.4. The van der Waals surface area contributed by atoms with Gasteiger partial charge >= 0.3 is 0 Å². The zero-order valence-electron chi connectivity index (χ0n) is 16.9. The molecule has 6 heteroatoms. The number of benzene rings is 3. The van der Waals surface area contributed by atoms with E-state index >= 15 is 0 Å². The molecule has 3 aromatic carbocycles. The first-order valence-corrected chi connectivity index (χ1v) is 9.98. The van der Waals surface area contributed by atoms with E-state index in [9.17, 15) is 9.59 Å². The lowest BCUT2D eigenvalue weighted by molar-refractivity contribution is 0.0949. The predicted molar refractivity (Wildman–Crippen MR) is 118 cm³/mol. The van der Waals surface area contributed by atoms with Crippen molar-refractivity contribution in [2.24, 2.45) is 0 Å². The van der Waals surface area contributed by atoms with Crippen molar-refractivity contribution in [1.82, 2.24) is 10.3 Å². The largest absolute Gasteiger partial charge is 0.454 e. The molecule has 0 aliphatic carbocycles. The summed E-state index contributed by atoms with van der Waals surface area (Å²) in [6.45, 7) is 2.50. The van der Waals surface area contributed by atoms with Crippen LogP contribution in [0.25, 0.3) is 22.0 Å². The number of amides is 1. The van der Waals surface area contributed by atoms with Crippen LogP contribution in [0.2, 0.25) is 0 Å². The van der Waals surface area contributed by atoms with Crippen molar-refractivity contribution in [2.45, 2.75) is 13.5 Å². The van der Waals surface area contributed by atoms with Gasteiger partial charge in [0.25, 0.3) is 5.91 Å². The van der Waals surface area contributed by atoms with E-state index in [-0.39, 0.29) is 24.3 Å². The summed E-state index contributed by atoms with van der Waals surface area (Å²) >= 11 is 0. The maximum atomic E-state index is 13.1. The number of hydrogen-bond donors (Lipinski definition) is 2. The van der Waals surface area contributed by atoms with Crippen molar-refractivity contribution < 1.29 is 14.3 Å². The van der Waals surface area contributed by atoms with Gasteiger partial charge in [0.2, 0.25) is 12.2 Å². The number of pyridine rings is 1. The van der Waals surface area contributed by atoms with Gasteiger partial charge in [-0.3, -0.25) is 9.59 Å². The number of aromatic nitrogens is 1. The highest BCUT2D eigenvalue weighted by Crippen LogP contribution is 2.32. The van der Waals surface area contributed by atoms with Crippen LogP contribution in [0.1, 0.15) is 21.5 Å². The number of H-pyrrole nitrogens is 1. The van der Waals surface area contributed by atoms with Crippen molar-refractivity contribution in [2.75, 3.05) is 6.79 Å². The average Bonchev–Trinajstić information content (AvgIpc) is 3.26. The van der Waals surface area contributed by atoms with Crippen LogP contribution in [0, 0.1) is 6.92 Å². The molecule has 0 radical (unpaired) electrons. The summed E-state index contributed by atoms with van der Waals surface area (Å²) in [4.78, 5) is 28.9. The third-order valence-electron chi connectivity index (χ3n) is 5.47. The minimum Gasteiger partial charge on any atom is -0.454 e. The fraction of sp³-hybridized carbons (Fsp3) is 0.120. The van der Waals surface area contributed by atoms with Gasteiger partial charge in [0.1, 0.15) is 5.56 Å². The van der Waals surface area contributed by atoms with Gasteiger partial charge in [0.05, 0.1) is 0 Å². The summed E-state index contributed by atoms with van der Waals surface area (Å²) < 4.78 is 10.7. The Morgan fingerprint density at radius 3 is 2.74 bits per heavy atom. The van der Waals surface area contributed by atoms with Crippen molar-refractivity contribution in [3.8, 4) is 22.6 Å². The van der Waals surface area contributed by atoms with E-state index in [0.717, 1.165) is 22.3 Å². The monoisotopic (exact) mass is 412 g/mol. The second-order valence-corrected chi connectivity index (χ2v) is 7.48. The normalized spacial score (nSPS) is 12.2. The van der Waals surface area contributed by atoms with Crippen molar-refractivity contribution in [1.29, 1.82) is 0 Å². The molecule has 0 saturated carbocycles. The molecule has 31 heavy (non-hydrogen) atoms. The van der Waals surface area contributed by atoms with E-state index in [0.29, 0.717) is 22.4 Å². The minimum atomic E-state index is -0.429. The van der Waals surface area contributed by atoms with Crippen LogP contribution >= 0.6 is 0 Å². The number of aromatic amines is 1.